The Morgan fingerprint density at radius 1 is 0.560 bits per heavy atom. The molecule has 0 spiro atoms. The zero-order valence-electron chi connectivity index (χ0n) is 27.8. The van der Waals surface area contributed by atoms with Gasteiger partial charge in [-0.1, -0.05) is 60.7 Å². The number of benzene rings is 3. The molecule has 5 heterocycles. The number of aromatic nitrogens is 5. The Balaban J connectivity index is 1.02. The summed E-state index contributed by atoms with van der Waals surface area (Å²) in [4.78, 5) is 42.9. The first-order chi connectivity index (χ1) is 24.7. The molecule has 2 saturated heterocycles. The van der Waals surface area contributed by atoms with Crippen LogP contribution in [-0.4, -0.2) is 60.2 Å². The van der Waals surface area contributed by atoms with Crippen LogP contribution in [0.5, 0.6) is 0 Å². The van der Waals surface area contributed by atoms with E-state index in [-0.39, 0.29) is 12.1 Å². The average Bonchev–Trinajstić information content (AvgIpc) is 3.76. The van der Waals surface area contributed by atoms with Crippen molar-refractivity contribution in [3.8, 4) is 50.7 Å². The van der Waals surface area contributed by atoms with Crippen LogP contribution >= 0.6 is 0 Å². The summed E-state index contributed by atoms with van der Waals surface area (Å²) in [7, 11) is 0. The second-order valence-corrected chi connectivity index (χ2v) is 13.8. The van der Waals surface area contributed by atoms with E-state index in [9.17, 15) is 9.59 Å². The highest BCUT2D eigenvalue weighted by molar-refractivity contribution is 5.76. The summed E-state index contributed by atoms with van der Waals surface area (Å²) in [5.74, 6) is 2.39. The number of amides is 2. The highest BCUT2D eigenvalue weighted by atomic mass is 16.1. The molecule has 2 aliphatic heterocycles. The van der Waals surface area contributed by atoms with E-state index in [0.717, 1.165) is 114 Å². The SMILES string of the molecule is O=CN1CCC[C@H]1c1ncc(-c2ccc(-c3ccc(-c4ccc(-c5cnc([C@@H]6CCCN6C=O)[nH]5)cc4)n3-c3ccc(C4CC4)cc3)cc2)[nH]1. The molecule has 9 heteroatoms. The van der Waals surface area contributed by atoms with Crippen LogP contribution in [0.4, 0.5) is 0 Å². The monoisotopic (exact) mass is 661 g/mol. The normalized spacial score (nSPS) is 19.0. The minimum absolute atomic E-state index is 0.0193. The van der Waals surface area contributed by atoms with Crippen LogP contribution in [0, 0.1) is 0 Å². The van der Waals surface area contributed by atoms with Gasteiger partial charge in [-0.3, -0.25) is 9.59 Å². The maximum absolute atomic E-state index is 11.5. The maximum atomic E-state index is 11.5. The van der Waals surface area contributed by atoms with Crippen molar-refractivity contribution in [3.63, 3.8) is 0 Å². The highest BCUT2D eigenvalue weighted by Crippen LogP contribution is 2.41. The van der Waals surface area contributed by atoms with Gasteiger partial charge in [-0.05, 0) is 96.5 Å². The number of hydrogen-bond acceptors (Lipinski definition) is 4. The number of carbonyl (C=O) groups excluding carboxylic acids is 2. The molecule has 3 fully saturated rings. The second-order valence-electron chi connectivity index (χ2n) is 13.8. The number of nitrogens with one attached hydrogen (secondary N) is 2. The van der Waals surface area contributed by atoms with Gasteiger partial charge in [0.25, 0.3) is 0 Å². The van der Waals surface area contributed by atoms with Crippen LogP contribution in [0.2, 0.25) is 0 Å². The van der Waals surface area contributed by atoms with Gasteiger partial charge in [0.2, 0.25) is 12.8 Å². The van der Waals surface area contributed by atoms with Crippen LogP contribution in [0.15, 0.2) is 97.3 Å². The third-order valence-corrected chi connectivity index (χ3v) is 10.7. The third-order valence-electron chi connectivity index (χ3n) is 10.7. The predicted molar refractivity (Wildman–Crippen MR) is 193 cm³/mol. The summed E-state index contributed by atoms with van der Waals surface area (Å²) in [5, 5.41) is 0. The van der Waals surface area contributed by atoms with E-state index >= 15 is 0 Å². The Kier molecular flexibility index (Phi) is 7.67. The molecule has 3 aliphatic rings. The topological polar surface area (TPSA) is 103 Å². The lowest BCUT2D eigenvalue weighted by Gasteiger charge is -2.17. The first-order valence-electron chi connectivity index (χ1n) is 17.7. The summed E-state index contributed by atoms with van der Waals surface area (Å²) < 4.78 is 2.35. The first-order valence-corrected chi connectivity index (χ1v) is 17.7. The van der Waals surface area contributed by atoms with Crippen LogP contribution in [0.25, 0.3) is 50.7 Å². The number of carbonyl (C=O) groups is 2. The molecule has 0 radical (unpaired) electrons. The van der Waals surface area contributed by atoms with Crippen molar-refractivity contribution in [2.75, 3.05) is 13.1 Å². The molecule has 9 rings (SSSR count). The van der Waals surface area contributed by atoms with Gasteiger partial charge >= 0.3 is 0 Å². The smallest absolute Gasteiger partial charge is 0.210 e. The van der Waals surface area contributed by atoms with E-state index in [2.05, 4.69) is 109 Å². The lowest BCUT2D eigenvalue weighted by atomic mass is 10.1. The van der Waals surface area contributed by atoms with Gasteiger partial charge in [0.05, 0.1) is 47.3 Å². The maximum Gasteiger partial charge on any atom is 0.210 e. The molecular formula is C41H39N7O2. The van der Waals surface area contributed by atoms with Crippen molar-refractivity contribution in [1.29, 1.82) is 0 Å². The molecule has 3 aromatic carbocycles. The number of H-pyrrole nitrogens is 2. The van der Waals surface area contributed by atoms with Crippen LogP contribution in [0.3, 0.4) is 0 Å². The van der Waals surface area contributed by atoms with Crippen molar-refractivity contribution < 1.29 is 9.59 Å². The fourth-order valence-electron chi connectivity index (χ4n) is 7.84. The number of hydrogen-bond donors (Lipinski definition) is 2. The van der Waals surface area contributed by atoms with E-state index in [1.807, 2.05) is 22.2 Å². The van der Waals surface area contributed by atoms with Gasteiger partial charge in [0.1, 0.15) is 11.6 Å². The predicted octanol–water partition coefficient (Wildman–Crippen LogP) is 8.06. The van der Waals surface area contributed by atoms with Gasteiger partial charge in [-0.2, -0.15) is 0 Å². The summed E-state index contributed by atoms with van der Waals surface area (Å²) in [6.07, 6.45) is 12.0. The molecule has 2 N–H and O–H groups in total. The molecule has 0 bridgehead atoms. The summed E-state index contributed by atoms with van der Waals surface area (Å²) in [6, 6.07) is 30.8. The van der Waals surface area contributed by atoms with Crippen LogP contribution in [0.1, 0.15) is 73.7 Å². The molecule has 2 atom stereocenters. The molecule has 2 amide bonds. The van der Waals surface area contributed by atoms with Crippen molar-refractivity contribution >= 4 is 12.8 Å². The lowest BCUT2D eigenvalue weighted by molar-refractivity contribution is -0.119. The van der Waals surface area contributed by atoms with E-state index in [1.165, 1.54) is 18.4 Å². The quantitative estimate of drug-likeness (QED) is 0.145. The molecule has 1 saturated carbocycles. The first kappa shape index (κ1) is 30.4. The molecule has 6 aromatic rings. The average molecular weight is 662 g/mol. The number of likely N-dealkylation sites (tertiary alicyclic amines) is 2. The largest absolute Gasteiger partial charge is 0.340 e. The zero-order valence-corrected chi connectivity index (χ0v) is 27.8. The number of imidazole rings is 2. The minimum Gasteiger partial charge on any atom is -0.340 e. The standard InChI is InChI=1S/C41H39N7O2/c49-25-46-21-1-3-38(46)40-42-23-34(44-40)29-7-11-31(12-8-29)36-19-20-37(48(36)33-17-15-28(16-18-33)27-5-6-27)32-13-9-30(10-14-32)35-24-43-41(45-35)39-4-2-22-47(39)26-50/h7-20,23-27,38-39H,1-6,21-22H2,(H,42,44)(H,43,45)/t38-,39-/m0/s1. The van der Waals surface area contributed by atoms with E-state index in [4.69, 9.17) is 0 Å². The fraction of sp³-hybridized carbons (Fsp3) is 0.268. The Labute approximate surface area is 291 Å². The fourth-order valence-corrected chi connectivity index (χ4v) is 7.84. The number of rotatable bonds is 10. The summed E-state index contributed by atoms with van der Waals surface area (Å²) >= 11 is 0. The van der Waals surface area contributed by atoms with Crippen molar-refractivity contribution in [2.24, 2.45) is 0 Å². The van der Waals surface area contributed by atoms with Crippen molar-refractivity contribution in [1.82, 2.24) is 34.3 Å². The zero-order chi connectivity index (χ0) is 33.6. The molecule has 0 unspecified atom stereocenters. The minimum atomic E-state index is 0.0193. The van der Waals surface area contributed by atoms with Gasteiger partial charge in [-0.15, -0.1) is 0 Å². The molecule has 250 valence electrons. The van der Waals surface area contributed by atoms with Gasteiger partial charge in [-0.25, -0.2) is 9.97 Å². The van der Waals surface area contributed by atoms with Crippen LogP contribution < -0.4 is 0 Å². The Hall–Kier alpha value is -5.70. The van der Waals surface area contributed by atoms with E-state index in [1.54, 1.807) is 0 Å². The Morgan fingerprint density at radius 2 is 1.02 bits per heavy atom. The summed E-state index contributed by atoms with van der Waals surface area (Å²) in [6.45, 7) is 1.56. The van der Waals surface area contributed by atoms with Gasteiger partial charge < -0.3 is 24.3 Å². The van der Waals surface area contributed by atoms with Gasteiger partial charge in [0.15, 0.2) is 0 Å². The summed E-state index contributed by atoms with van der Waals surface area (Å²) in [5.41, 5.74) is 11.0. The van der Waals surface area contributed by atoms with Crippen LogP contribution in [-0.2, 0) is 9.59 Å². The Morgan fingerprint density at radius 3 is 1.46 bits per heavy atom. The number of aromatic amines is 2. The second kappa shape index (κ2) is 12.6. The Bertz CT molecular complexity index is 2010. The molecule has 9 nitrogen and oxygen atoms in total. The molecular weight excluding hydrogens is 622 g/mol. The number of nitrogens with zero attached hydrogens (tertiary/aromatic N) is 5. The van der Waals surface area contributed by atoms with Gasteiger partial charge in [0, 0.05) is 18.8 Å². The molecule has 1 aliphatic carbocycles. The lowest BCUT2D eigenvalue weighted by Crippen LogP contribution is -2.21. The molecule has 50 heavy (non-hydrogen) atoms. The van der Waals surface area contributed by atoms with Crippen molar-refractivity contribution in [2.45, 2.75) is 56.5 Å². The third kappa shape index (κ3) is 5.52. The highest BCUT2D eigenvalue weighted by Gasteiger charge is 2.28. The van der Waals surface area contributed by atoms with E-state index < -0.39 is 0 Å². The van der Waals surface area contributed by atoms with E-state index in [0.29, 0.717) is 5.92 Å². The van der Waals surface area contributed by atoms with Crippen molar-refractivity contribution in [3.05, 3.63) is 115 Å². The molecule has 3 aromatic heterocycles.